The zero-order chi connectivity index (χ0) is 19.1. The van der Waals surface area contributed by atoms with Crippen molar-refractivity contribution in [1.29, 1.82) is 0 Å². The van der Waals surface area contributed by atoms with Gasteiger partial charge in [0, 0.05) is 43.8 Å². The zero-order valence-corrected chi connectivity index (χ0v) is 15.6. The number of aryl methyl sites for hydroxylation is 1. The van der Waals surface area contributed by atoms with Gasteiger partial charge in [-0.25, -0.2) is 14.1 Å². The van der Waals surface area contributed by atoms with Crippen LogP contribution in [0.3, 0.4) is 0 Å². The van der Waals surface area contributed by atoms with Crippen molar-refractivity contribution in [2.45, 2.75) is 6.92 Å². The summed E-state index contributed by atoms with van der Waals surface area (Å²) in [6, 6.07) is 13.1. The number of halogens is 1. The number of benzene rings is 2. The monoisotopic (exact) mass is 376 g/mol. The Balaban J connectivity index is 1.33. The van der Waals surface area contributed by atoms with Gasteiger partial charge in [-0.15, -0.1) is 0 Å². The molecule has 142 valence electrons. The summed E-state index contributed by atoms with van der Waals surface area (Å²) in [7, 11) is 0. The molecule has 1 aliphatic heterocycles. The van der Waals surface area contributed by atoms with Crippen molar-refractivity contribution in [3.63, 3.8) is 0 Å². The maximum atomic E-state index is 13.1. The summed E-state index contributed by atoms with van der Waals surface area (Å²) in [5.41, 5.74) is 5.28. The summed E-state index contributed by atoms with van der Waals surface area (Å²) in [6.07, 6.45) is 3.77. The van der Waals surface area contributed by atoms with Crippen LogP contribution in [0.4, 0.5) is 15.8 Å². The number of nitrogens with zero attached hydrogens (tertiary/aromatic N) is 5. The summed E-state index contributed by atoms with van der Waals surface area (Å²) < 4.78 is 14.9. The number of imidazole rings is 1. The number of piperazine rings is 1. The molecule has 6 nitrogen and oxygen atoms in total. The van der Waals surface area contributed by atoms with Gasteiger partial charge in [0.25, 0.3) is 0 Å². The second kappa shape index (κ2) is 6.67. The molecule has 28 heavy (non-hydrogen) atoms. The maximum absolute atomic E-state index is 13.1. The molecule has 1 aliphatic rings. The molecule has 2 aromatic carbocycles. The second-order valence-corrected chi connectivity index (χ2v) is 7.17. The molecule has 0 saturated carbocycles. The Morgan fingerprint density at radius 3 is 2.29 bits per heavy atom. The average molecular weight is 376 g/mol. The minimum Gasteiger partial charge on any atom is -0.368 e. The third-order valence-electron chi connectivity index (χ3n) is 5.22. The van der Waals surface area contributed by atoms with Crippen molar-refractivity contribution >= 4 is 22.4 Å². The Morgan fingerprint density at radius 2 is 1.61 bits per heavy atom. The number of hydrogen-bond acceptors (Lipinski definition) is 4. The molecule has 2 aromatic heterocycles. The lowest BCUT2D eigenvalue weighted by Crippen LogP contribution is -2.46. The Kier molecular flexibility index (Phi) is 4.00. The van der Waals surface area contributed by atoms with Crippen molar-refractivity contribution in [1.82, 2.24) is 19.7 Å². The molecule has 0 unspecified atom stereocenters. The van der Waals surface area contributed by atoms with Crippen LogP contribution in [0.5, 0.6) is 0 Å². The van der Waals surface area contributed by atoms with Crippen molar-refractivity contribution in [3.8, 4) is 5.95 Å². The number of aromatic amines is 1. The Bertz CT molecular complexity index is 1110. The number of anilines is 2. The van der Waals surface area contributed by atoms with Gasteiger partial charge in [-0.3, -0.25) is 0 Å². The summed E-state index contributed by atoms with van der Waals surface area (Å²) in [4.78, 5) is 12.7. The highest BCUT2D eigenvalue weighted by Gasteiger charge is 2.18. The molecule has 1 saturated heterocycles. The lowest BCUT2D eigenvalue weighted by Gasteiger charge is -2.37. The van der Waals surface area contributed by atoms with Crippen LogP contribution in [-0.2, 0) is 0 Å². The first-order valence-corrected chi connectivity index (χ1v) is 9.43. The van der Waals surface area contributed by atoms with E-state index < -0.39 is 0 Å². The first-order chi connectivity index (χ1) is 13.7. The van der Waals surface area contributed by atoms with Crippen LogP contribution in [-0.4, -0.2) is 45.9 Å². The average Bonchev–Trinajstić information content (AvgIpc) is 3.34. The first-order valence-electron chi connectivity index (χ1n) is 9.43. The summed E-state index contributed by atoms with van der Waals surface area (Å²) in [5, 5.41) is 4.32. The predicted octanol–water partition coefficient (Wildman–Crippen LogP) is 3.52. The highest BCUT2D eigenvalue weighted by Crippen LogP contribution is 2.24. The third kappa shape index (κ3) is 3.09. The largest absolute Gasteiger partial charge is 0.368 e. The number of aromatic nitrogens is 4. The second-order valence-electron chi connectivity index (χ2n) is 7.17. The third-order valence-corrected chi connectivity index (χ3v) is 5.22. The first kappa shape index (κ1) is 16.8. The van der Waals surface area contributed by atoms with Gasteiger partial charge in [0.15, 0.2) is 0 Å². The van der Waals surface area contributed by atoms with Crippen molar-refractivity contribution in [2.75, 3.05) is 36.0 Å². The molecular formula is C21H21FN6. The molecule has 0 spiro atoms. The topological polar surface area (TPSA) is 53.0 Å². The standard InChI is InChI=1S/C21H21FN6/c1-15-13-23-28(14-15)21-24-19-7-6-18(12-20(19)25-21)27-10-8-26(9-11-27)17-4-2-16(22)3-5-17/h2-7,12-14H,8-11H2,1H3,(H,24,25). The predicted molar refractivity (Wildman–Crippen MR) is 109 cm³/mol. The molecule has 5 rings (SSSR count). The maximum Gasteiger partial charge on any atom is 0.229 e. The van der Waals surface area contributed by atoms with Crippen LogP contribution in [0.1, 0.15) is 5.56 Å². The van der Waals surface area contributed by atoms with E-state index in [0.717, 1.165) is 54.4 Å². The van der Waals surface area contributed by atoms with Crippen molar-refractivity contribution in [2.24, 2.45) is 0 Å². The van der Waals surface area contributed by atoms with E-state index >= 15 is 0 Å². The minimum atomic E-state index is -0.195. The van der Waals surface area contributed by atoms with E-state index in [4.69, 9.17) is 0 Å². The van der Waals surface area contributed by atoms with Gasteiger partial charge in [0.05, 0.1) is 17.2 Å². The summed E-state index contributed by atoms with van der Waals surface area (Å²) in [5.74, 6) is 0.529. The van der Waals surface area contributed by atoms with Gasteiger partial charge in [0.1, 0.15) is 5.82 Å². The van der Waals surface area contributed by atoms with E-state index in [0.29, 0.717) is 0 Å². The molecule has 3 heterocycles. The fourth-order valence-corrected chi connectivity index (χ4v) is 3.69. The van der Waals surface area contributed by atoms with Crippen LogP contribution in [0.2, 0.25) is 0 Å². The normalized spacial score (nSPS) is 14.8. The smallest absolute Gasteiger partial charge is 0.229 e. The van der Waals surface area contributed by atoms with Crippen LogP contribution in [0.25, 0.3) is 17.0 Å². The SMILES string of the molecule is Cc1cnn(-c2nc3ccc(N4CCN(c5ccc(F)cc5)CC4)cc3[nH]2)c1. The number of hydrogen-bond donors (Lipinski definition) is 1. The van der Waals surface area contributed by atoms with Crippen LogP contribution in [0.15, 0.2) is 54.9 Å². The Hall–Kier alpha value is -3.35. The van der Waals surface area contributed by atoms with Gasteiger partial charge in [-0.1, -0.05) is 0 Å². The van der Waals surface area contributed by atoms with Crippen LogP contribution in [0, 0.1) is 12.7 Å². The van der Waals surface area contributed by atoms with Crippen molar-refractivity contribution in [3.05, 3.63) is 66.2 Å². The molecular weight excluding hydrogens is 355 g/mol. The van der Waals surface area contributed by atoms with Gasteiger partial charge in [0.2, 0.25) is 5.95 Å². The highest BCUT2D eigenvalue weighted by atomic mass is 19.1. The number of fused-ring (bicyclic) bond motifs is 1. The van der Waals surface area contributed by atoms with Crippen LogP contribution >= 0.6 is 0 Å². The molecule has 0 amide bonds. The fourth-order valence-electron chi connectivity index (χ4n) is 3.69. The van der Waals surface area contributed by atoms with E-state index in [9.17, 15) is 4.39 Å². The molecule has 0 aliphatic carbocycles. The fraction of sp³-hybridized carbons (Fsp3) is 0.238. The lowest BCUT2D eigenvalue weighted by atomic mass is 10.2. The zero-order valence-electron chi connectivity index (χ0n) is 15.6. The molecule has 4 aromatic rings. The summed E-state index contributed by atoms with van der Waals surface area (Å²) >= 11 is 0. The van der Waals surface area contributed by atoms with Gasteiger partial charge in [-0.05, 0) is 55.0 Å². The number of rotatable bonds is 3. The quantitative estimate of drug-likeness (QED) is 0.594. The van der Waals surface area contributed by atoms with Gasteiger partial charge < -0.3 is 14.8 Å². The Labute approximate surface area is 162 Å². The van der Waals surface area contributed by atoms with E-state index in [1.54, 1.807) is 4.68 Å². The Morgan fingerprint density at radius 1 is 0.929 bits per heavy atom. The highest BCUT2D eigenvalue weighted by molar-refractivity contribution is 5.80. The van der Waals surface area contributed by atoms with E-state index in [1.165, 1.54) is 17.8 Å². The number of nitrogens with one attached hydrogen (secondary N) is 1. The molecule has 0 bridgehead atoms. The van der Waals surface area contributed by atoms with Crippen LogP contribution < -0.4 is 9.80 Å². The van der Waals surface area contributed by atoms with Crippen molar-refractivity contribution < 1.29 is 4.39 Å². The molecule has 7 heteroatoms. The number of H-pyrrole nitrogens is 1. The van der Waals surface area contributed by atoms with E-state index in [1.807, 2.05) is 37.5 Å². The molecule has 1 N–H and O–H groups in total. The summed E-state index contributed by atoms with van der Waals surface area (Å²) in [6.45, 7) is 5.66. The van der Waals surface area contributed by atoms with Gasteiger partial charge >= 0.3 is 0 Å². The molecule has 0 atom stereocenters. The molecule has 1 fully saturated rings. The van der Waals surface area contributed by atoms with E-state index in [-0.39, 0.29) is 5.82 Å². The molecule has 0 radical (unpaired) electrons. The lowest BCUT2D eigenvalue weighted by molar-refractivity contribution is 0.625. The minimum absolute atomic E-state index is 0.195. The van der Waals surface area contributed by atoms with E-state index in [2.05, 4.69) is 37.0 Å². The van der Waals surface area contributed by atoms with Gasteiger partial charge in [-0.2, -0.15) is 5.10 Å².